The van der Waals surface area contributed by atoms with Crippen LogP contribution in [-0.4, -0.2) is 50.9 Å². The van der Waals surface area contributed by atoms with E-state index < -0.39 is 28.5 Å². The van der Waals surface area contributed by atoms with Crippen molar-refractivity contribution in [1.29, 1.82) is 0 Å². The highest BCUT2D eigenvalue weighted by Crippen LogP contribution is 2.33. The predicted octanol–water partition coefficient (Wildman–Crippen LogP) is 5.72. The number of methoxy groups -OCH3 is 1. The number of nitrogens with one attached hydrogen (secondary N) is 1. The van der Waals surface area contributed by atoms with E-state index in [1.54, 1.807) is 67.6 Å². The van der Waals surface area contributed by atoms with Crippen molar-refractivity contribution in [3.05, 3.63) is 88.9 Å². The SMILES string of the molecule is COc1ccccc1N(CC(=O)N(Cc1ccccc1Cl)C(C)C(=O)NC1CCCCC1)S(=O)(=O)c1ccc(C)cc1. The van der Waals surface area contributed by atoms with E-state index in [2.05, 4.69) is 5.32 Å². The molecule has 1 N–H and O–H groups in total. The third kappa shape index (κ3) is 7.44. The van der Waals surface area contributed by atoms with Gasteiger partial charge in [-0.2, -0.15) is 0 Å². The van der Waals surface area contributed by atoms with Crippen molar-refractivity contribution in [2.75, 3.05) is 18.0 Å². The molecule has 0 spiro atoms. The maximum absolute atomic E-state index is 14.2. The molecule has 1 fully saturated rings. The first kappa shape index (κ1) is 31.4. The fraction of sp³-hybridized carbons (Fsp3) is 0.375. The number of hydrogen-bond acceptors (Lipinski definition) is 5. The van der Waals surface area contributed by atoms with Gasteiger partial charge in [-0.1, -0.05) is 78.9 Å². The Morgan fingerprint density at radius 3 is 2.29 bits per heavy atom. The largest absolute Gasteiger partial charge is 0.495 e. The number of carbonyl (C=O) groups excluding carboxylic acids is 2. The lowest BCUT2D eigenvalue weighted by molar-refractivity contribution is -0.139. The van der Waals surface area contributed by atoms with Crippen molar-refractivity contribution >= 4 is 39.1 Å². The maximum Gasteiger partial charge on any atom is 0.264 e. The van der Waals surface area contributed by atoms with Gasteiger partial charge in [-0.3, -0.25) is 13.9 Å². The van der Waals surface area contributed by atoms with Crippen LogP contribution < -0.4 is 14.4 Å². The standard InChI is InChI=1S/C32H38ClN3O5S/c1-23-17-19-27(20-18-23)42(39,40)36(29-15-9-10-16-30(29)41-3)22-31(37)35(21-25-11-7-8-14-28(25)33)24(2)32(38)34-26-12-5-4-6-13-26/h7-11,14-20,24,26H,4-6,12-13,21-22H2,1-3H3,(H,34,38). The number of rotatable bonds is 11. The van der Waals surface area contributed by atoms with E-state index in [0.29, 0.717) is 16.3 Å². The molecular formula is C32H38ClN3O5S. The molecule has 10 heteroatoms. The highest BCUT2D eigenvalue weighted by molar-refractivity contribution is 7.92. The Morgan fingerprint density at radius 1 is 0.976 bits per heavy atom. The highest BCUT2D eigenvalue weighted by atomic mass is 35.5. The number of anilines is 1. The first-order valence-corrected chi connectivity index (χ1v) is 16.0. The number of para-hydroxylation sites is 2. The Bertz CT molecular complexity index is 1490. The molecule has 2 amide bonds. The fourth-order valence-corrected chi connectivity index (χ4v) is 6.77. The predicted molar refractivity (Wildman–Crippen MR) is 165 cm³/mol. The molecule has 3 aromatic rings. The summed E-state index contributed by atoms with van der Waals surface area (Å²) in [6, 6.07) is 19.3. The summed E-state index contributed by atoms with van der Waals surface area (Å²) < 4.78 is 34.6. The summed E-state index contributed by atoms with van der Waals surface area (Å²) in [4.78, 5) is 29.0. The Hall–Kier alpha value is -3.56. The lowest BCUT2D eigenvalue weighted by Gasteiger charge is -2.33. The number of benzene rings is 3. The smallest absolute Gasteiger partial charge is 0.264 e. The average molecular weight is 612 g/mol. The minimum atomic E-state index is -4.20. The van der Waals surface area contributed by atoms with E-state index in [-0.39, 0.29) is 29.1 Å². The average Bonchev–Trinajstić information content (AvgIpc) is 2.99. The molecule has 0 saturated heterocycles. The molecule has 0 heterocycles. The van der Waals surface area contributed by atoms with Crippen LogP contribution in [0.1, 0.15) is 50.2 Å². The van der Waals surface area contributed by atoms with Gasteiger partial charge in [0.05, 0.1) is 17.7 Å². The van der Waals surface area contributed by atoms with Crippen molar-refractivity contribution < 1.29 is 22.7 Å². The van der Waals surface area contributed by atoms with Gasteiger partial charge < -0.3 is 15.0 Å². The van der Waals surface area contributed by atoms with Gasteiger partial charge in [0.1, 0.15) is 18.3 Å². The van der Waals surface area contributed by atoms with E-state index >= 15 is 0 Å². The number of sulfonamides is 1. The lowest BCUT2D eigenvalue weighted by Crippen LogP contribution is -2.53. The van der Waals surface area contributed by atoms with Crippen LogP contribution in [0.25, 0.3) is 0 Å². The number of aryl methyl sites for hydroxylation is 1. The Labute approximate surface area is 253 Å². The summed E-state index contributed by atoms with van der Waals surface area (Å²) in [5.74, 6) is -0.544. The van der Waals surface area contributed by atoms with Crippen LogP contribution in [-0.2, 0) is 26.2 Å². The number of ether oxygens (including phenoxy) is 1. The molecule has 8 nitrogen and oxygen atoms in total. The first-order chi connectivity index (χ1) is 20.1. The Balaban J connectivity index is 1.71. The maximum atomic E-state index is 14.2. The molecule has 0 radical (unpaired) electrons. The highest BCUT2D eigenvalue weighted by Gasteiger charge is 2.34. The van der Waals surface area contributed by atoms with Crippen molar-refractivity contribution in [1.82, 2.24) is 10.2 Å². The van der Waals surface area contributed by atoms with Crippen molar-refractivity contribution in [2.45, 2.75) is 69.5 Å². The fourth-order valence-electron chi connectivity index (χ4n) is 5.15. The topological polar surface area (TPSA) is 96.0 Å². The van der Waals surface area contributed by atoms with Crippen LogP contribution in [0.4, 0.5) is 5.69 Å². The molecular weight excluding hydrogens is 574 g/mol. The van der Waals surface area contributed by atoms with Crippen LogP contribution >= 0.6 is 11.6 Å². The second kappa shape index (κ2) is 14.1. The Morgan fingerprint density at radius 2 is 1.62 bits per heavy atom. The Kier molecular flexibility index (Phi) is 10.5. The lowest BCUT2D eigenvalue weighted by atomic mass is 9.95. The normalized spacial score (nSPS) is 14.6. The molecule has 1 atom stereocenters. The van der Waals surface area contributed by atoms with Gasteiger partial charge in [-0.15, -0.1) is 0 Å². The molecule has 1 unspecified atom stereocenters. The van der Waals surface area contributed by atoms with E-state index in [0.717, 1.165) is 42.0 Å². The van der Waals surface area contributed by atoms with Crippen LogP contribution in [0.15, 0.2) is 77.7 Å². The monoisotopic (exact) mass is 611 g/mol. The molecule has 0 aliphatic heterocycles. The van der Waals surface area contributed by atoms with E-state index in [1.165, 1.54) is 24.1 Å². The van der Waals surface area contributed by atoms with E-state index in [9.17, 15) is 18.0 Å². The van der Waals surface area contributed by atoms with Gasteiger partial charge in [0.25, 0.3) is 10.0 Å². The summed E-state index contributed by atoms with van der Waals surface area (Å²) >= 11 is 6.46. The summed E-state index contributed by atoms with van der Waals surface area (Å²) in [5.41, 5.74) is 1.76. The summed E-state index contributed by atoms with van der Waals surface area (Å²) in [5, 5.41) is 3.55. The molecule has 0 bridgehead atoms. The molecule has 1 aliphatic carbocycles. The van der Waals surface area contributed by atoms with Crippen LogP contribution in [0.2, 0.25) is 5.02 Å². The van der Waals surface area contributed by atoms with Crippen molar-refractivity contribution in [2.24, 2.45) is 0 Å². The zero-order valence-corrected chi connectivity index (χ0v) is 25.8. The number of amides is 2. The number of halogens is 1. The summed E-state index contributed by atoms with van der Waals surface area (Å²) in [6.45, 7) is 3.00. The van der Waals surface area contributed by atoms with Crippen molar-refractivity contribution in [3.63, 3.8) is 0 Å². The second-order valence-electron chi connectivity index (χ2n) is 10.6. The number of hydrogen-bond donors (Lipinski definition) is 1. The minimum absolute atomic E-state index is 0.0299. The second-order valence-corrected chi connectivity index (χ2v) is 12.9. The molecule has 42 heavy (non-hydrogen) atoms. The molecule has 0 aromatic heterocycles. The molecule has 1 aliphatic rings. The first-order valence-electron chi connectivity index (χ1n) is 14.2. The summed E-state index contributed by atoms with van der Waals surface area (Å²) in [6.07, 6.45) is 5.03. The molecule has 224 valence electrons. The van der Waals surface area contributed by atoms with Crippen molar-refractivity contribution in [3.8, 4) is 5.75 Å². The van der Waals surface area contributed by atoms with Gasteiger partial charge in [-0.05, 0) is 62.6 Å². The zero-order valence-electron chi connectivity index (χ0n) is 24.3. The summed E-state index contributed by atoms with van der Waals surface area (Å²) in [7, 11) is -2.76. The number of nitrogens with zero attached hydrogens (tertiary/aromatic N) is 2. The third-order valence-electron chi connectivity index (χ3n) is 7.66. The van der Waals surface area contributed by atoms with Gasteiger partial charge in [0, 0.05) is 17.6 Å². The quantitative estimate of drug-likeness (QED) is 0.299. The molecule has 4 rings (SSSR count). The van der Waals surface area contributed by atoms with Gasteiger partial charge in [0.15, 0.2) is 0 Å². The minimum Gasteiger partial charge on any atom is -0.495 e. The van der Waals surface area contributed by atoms with E-state index in [4.69, 9.17) is 16.3 Å². The third-order valence-corrected chi connectivity index (χ3v) is 9.80. The zero-order chi connectivity index (χ0) is 30.3. The van der Waals surface area contributed by atoms with Crippen LogP contribution in [0.3, 0.4) is 0 Å². The van der Waals surface area contributed by atoms with Gasteiger partial charge in [0.2, 0.25) is 11.8 Å². The van der Waals surface area contributed by atoms with Crippen LogP contribution in [0, 0.1) is 6.92 Å². The number of carbonyl (C=O) groups is 2. The molecule has 1 saturated carbocycles. The van der Waals surface area contributed by atoms with Gasteiger partial charge >= 0.3 is 0 Å². The van der Waals surface area contributed by atoms with E-state index in [1.807, 2.05) is 6.92 Å². The van der Waals surface area contributed by atoms with Crippen LogP contribution in [0.5, 0.6) is 5.75 Å². The molecule has 3 aromatic carbocycles. The van der Waals surface area contributed by atoms with Gasteiger partial charge in [-0.25, -0.2) is 8.42 Å².